The number of allylic oxidation sites excluding steroid dienone is 2. The van der Waals surface area contributed by atoms with Crippen LogP contribution in [0.15, 0.2) is 18.2 Å². The standard InChI is InChI=1S/C23H35N3O/c1-23(2,3)18-7-5-17(6-8-18)19-15-21-22(27-14-13-25(21)4)16-20(19)26-11-9-24-10-12-26/h5,15-16,18,24H,6-14H2,1-4H3. The lowest BCUT2D eigenvalue weighted by Gasteiger charge is -2.37. The lowest BCUT2D eigenvalue weighted by molar-refractivity contribution is 0.225. The molecule has 4 nitrogen and oxygen atoms in total. The van der Waals surface area contributed by atoms with Crippen molar-refractivity contribution in [3.63, 3.8) is 0 Å². The molecule has 4 rings (SSSR count). The lowest BCUT2D eigenvalue weighted by Crippen LogP contribution is -2.44. The summed E-state index contributed by atoms with van der Waals surface area (Å²) in [6, 6.07) is 4.71. The summed E-state index contributed by atoms with van der Waals surface area (Å²) in [4.78, 5) is 4.88. The maximum Gasteiger partial charge on any atom is 0.144 e. The Bertz CT molecular complexity index is 713. The predicted octanol–water partition coefficient (Wildman–Crippen LogP) is 4.15. The van der Waals surface area contributed by atoms with Gasteiger partial charge >= 0.3 is 0 Å². The first-order chi connectivity index (χ1) is 12.9. The van der Waals surface area contributed by atoms with E-state index in [1.54, 1.807) is 0 Å². The molecular formula is C23H35N3O. The second-order valence-corrected chi connectivity index (χ2v) is 9.41. The third-order valence-corrected chi connectivity index (χ3v) is 6.61. The summed E-state index contributed by atoms with van der Waals surface area (Å²) in [5.74, 6) is 1.83. The molecule has 0 radical (unpaired) electrons. The minimum Gasteiger partial charge on any atom is -0.489 e. The molecule has 1 aliphatic carbocycles. The molecule has 1 fully saturated rings. The molecule has 27 heavy (non-hydrogen) atoms. The second kappa shape index (κ2) is 7.38. The third-order valence-electron chi connectivity index (χ3n) is 6.61. The van der Waals surface area contributed by atoms with Crippen molar-refractivity contribution >= 4 is 16.9 Å². The van der Waals surface area contributed by atoms with Crippen LogP contribution in [-0.4, -0.2) is 46.4 Å². The Morgan fingerprint density at radius 3 is 2.52 bits per heavy atom. The van der Waals surface area contributed by atoms with Gasteiger partial charge in [0.05, 0.1) is 12.2 Å². The molecule has 1 aromatic carbocycles. The minimum atomic E-state index is 0.396. The molecule has 4 heteroatoms. The molecule has 0 saturated carbocycles. The van der Waals surface area contributed by atoms with Gasteiger partial charge in [0.1, 0.15) is 12.4 Å². The maximum atomic E-state index is 6.03. The number of fused-ring (bicyclic) bond motifs is 1. The number of piperazine rings is 1. The van der Waals surface area contributed by atoms with Crippen LogP contribution >= 0.6 is 0 Å². The average molecular weight is 370 g/mol. The van der Waals surface area contributed by atoms with Gasteiger partial charge in [-0.3, -0.25) is 0 Å². The fraction of sp³-hybridized carbons (Fsp3) is 0.652. The molecule has 0 bridgehead atoms. The van der Waals surface area contributed by atoms with E-state index in [9.17, 15) is 0 Å². The first-order valence-electron chi connectivity index (χ1n) is 10.6. The molecule has 1 atom stereocenters. The van der Waals surface area contributed by atoms with Gasteiger partial charge in [-0.05, 0) is 42.2 Å². The van der Waals surface area contributed by atoms with Crippen LogP contribution < -0.4 is 19.9 Å². The quantitative estimate of drug-likeness (QED) is 0.847. The number of rotatable bonds is 2. The summed E-state index contributed by atoms with van der Waals surface area (Å²) in [6.07, 6.45) is 6.20. The van der Waals surface area contributed by atoms with E-state index in [0.717, 1.165) is 51.0 Å². The highest BCUT2D eigenvalue weighted by Gasteiger charge is 2.29. The molecule has 0 spiro atoms. The van der Waals surface area contributed by atoms with Crippen LogP contribution in [0.25, 0.3) is 5.57 Å². The first kappa shape index (κ1) is 18.7. The molecule has 1 aromatic rings. The van der Waals surface area contributed by atoms with Gasteiger partial charge in [0.2, 0.25) is 0 Å². The number of nitrogens with one attached hydrogen (secondary N) is 1. The molecule has 0 aromatic heterocycles. The van der Waals surface area contributed by atoms with E-state index in [2.05, 4.69) is 61.1 Å². The van der Waals surface area contributed by atoms with Crippen molar-refractivity contribution in [1.29, 1.82) is 0 Å². The topological polar surface area (TPSA) is 27.7 Å². The van der Waals surface area contributed by atoms with E-state index in [1.807, 2.05) is 0 Å². The first-order valence-corrected chi connectivity index (χ1v) is 10.6. The largest absolute Gasteiger partial charge is 0.489 e. The van der Waals surface area contributed by atoms with Crippen LogP contribution in [0, 0.1) is 11.3 Å². The molecule has 1 saturated heterocycles. The molecule has 1 N–H and O–H groups in total. The van der Waals surface area contributed by atoms with Crippen molar-refractivity contribution in [2.45, 2.75) is 40.0 Å². The second-order valence-electron chi connectivity index (χ2n) is 9.41. The van der Waals surface area contributed by atoms with Crippen LogP contribution in [-0.2, 0) is 0 Å². The summed E-state index contributed by atoms with van der Waals surface area (Å²) in [6.45, 7) is 13.1. The van der Waals surface area contributed by atoms with Crippen LogP contribution in [0.1, 0.15) is 45.6 Å². The Balaban J connectivity index is 1.71. The number of hydrogen-bond acceptors (Lipinski definition) is 4. The zero-order chi connectivity index (χ0) is 19.0. The normalized spacial score (nSPS) is 23.6. The van der Waals surface area contributed by atoms with Crippen LogP contribution in [0.3, 0.4) is 0 Å². The maximum absolute atomic E-state index is 6.03. The number of anilines is 2. The minimum absolute atomic E-state index is 0.396. The van der Waals surface area contributed by atoms with E-state index >= 15 is 0 Å². The zero-order valence-corrected chi connectivity index (χ0v) is 17.5. The van der Waals surface area contributed by atoms with E-state index in [4.69, 9.17) is 4.74 Å². The summed E-state index contributed by atoms with van der Waals surface area (Å²) >= 11 is 0. The summed E-state index contributed by atoms with van der Waals surface area (Å²) in [5, 5.41) is 3.48. The van der Waals surface area contributed by atoms with Gasteiger partial charge in [-0.15, -0.1) is 0 Å². The summed E-state index contributed by atoms with van der Waals surface area (Å²) in [7, 11) is 2.18. The zero-order valence-electron chi connectivity index (χ0n) is 17.5. The van der Waals surface area contributed by atoms with Gasteiger partial charge in [-0.25, -0.2) is 0 Å². The van der Waals surface area contributed by atoms with Crippen molar-refractivity contribution in [2.24, 2.45) is 11.3 Å². The fourth-order valence-electron chi connectivity index (χ4n) is 4.67. The molecule has 1 unspecified atom stereocenters. The molecule has 2 heterocycles. The van der Waals surface area contributed by atoms with E-state index < -0.39 is 0 Å². The van der Waals surface area contributed by atoms with Gasteiger partial charge in [0, 0.05) is 50.5 Å². The van der Waals surface area contributed by atoms with Crippen LogP contribution in [0.4, 0.5) is 11.4 Å². The highest BCUT2D eigenvalue weighted by atomic mass is 16.5. The van der Waals surface area contributed by atoms with E-state index in [-0.39, 0.29) is 0 Å². The Morgan fingerprint density at radius 1 is 1.07 bits per heavy atom. The van der Waals surface area contributed by atoms with Crippen molar-refractivity contribution in [3.05, 3.63) is 23.8 Å². The smallest absolute Gasteiger partial charge is 0.144 e. The Labute approximate surface area is 164 Å². The third kappa shape index (κ3) is 3.82. The van der Waals surface area contributed by atoms with Crippen molar-refractivity contribution < 1.29 is 4.74 Å². The van der Waals surface area contributed by atoms with Gasteiger partial charge in [-0.2, -0.15) is 0 Å². The SMILES string of the molecule is CN1CCOc2cc(N3CCNCC3)c(C3=CCC(C(C)(C)C)CC3)cc21. The van der Waals surface area contributed by atoms with Crippen molar-refractivity contribution in [2.75, 3.05) is 56.2 Å². The van der Waals surface area contributed by atoms with Gasteiger partial charge in [0.15, 0.2) is 0 Å². The predicted molar refractivity (Wildman–Crippen MR) is 115 cm³/mol. The number of hydrogen-bond donors (Lipinski definition) is 1. The van der Waals surface area contributed by atoms with E-state index in [0.29, 0.717) is 5.41 Å². The Morgan fingerprint density at radius 2 is 1.85 bits per heavy atom. The number of likely N-dealkylation sites (N-methyl/N-ethyl adjacent to an activating group) is 1. The molecule has 148 valence electrons. The summed E-state index contributed by atoms with van der Waals surface area (Å²) < 4.78 is 6.03. The van der Waals surface area contributed by atoms with Crippen LogP contribution in [0.2, 0.25) is 0 Å². The number of ether oxygens (including phenoxy) is 1. The van der Waals surface area contributed by atoms with Crippen molar-refractivity contribution in [3.8, 4) is 5.75 Å². The monoisotopic (exact) mass is 369 g/mol. The van der Waals surface area contributed by atoms with Gasteiger partial charge < -0.3 is 19.9 Å². The highest BCUT2D eigenvalue weighted by Crippen LogP contribution is 2.45. The fourth-order valence-corrected chi connectivity index (χ4v) is 4.67. The summed E-state index contributed by atoms with van der Waals surface area (Å²) in [5.41, 5.74) is 5.97. The molecule has 0 amide bonds. The average Bonchev–Trinajstić information content (AvgIpc) is 2.67. The Hall–Kier alpha value is -1.68. The number of nitrogens with zero attached hydrogens (tertiary/aromatic N) is 2. The number of benzene rings is 1. The lowest BCUT2D eigenvalue weighted by atomic mass is 9.72. The Kier molecular flexibility index (Phi) is 5.11. The van der Waals surface area contributed by atoms with Crippen molar-refractivity contribution in [1.82, 2.24) is 5.32 Å². The molecule has 2 aliphatic heterocycles. The molecule has 3 aliphatic rings. The highest BCUT2D eigenvalue weighted by molar-refractivity contribution is 5.83. The van der Waals surface area contributed by atoms with E-state index in [1.165, 1.54) is 41.8 Å². The van der Waals surface area contributed by atoms with Crippen LogP contribution in [0.5, 0.6) is 5.75 Å². The van der Waals surface area contributed by atoms with Gasteiger partial charge in [-0.1, -0.05) is 26.8 Å². The van der Waals surface area contributed by atoms with Gasteiger partial charge in [0.25, 0.3) is 0 Å². The molecular weight excluding hydrogens is 334 g/mol.